The number of carboxylic acid groups (broad SMARTS) is 1. The van der Waals surface area contributed by atoms with E-state index in [-0.39, 0.29) is 34.7 Å². The lowest BCUT2D eigenvalue weighted by Gasteiger charge is -2.27. The quantitative estimate of drug-likeness (QED) is 0.557. The van der Waals surface area contributed by atoms with E-state index in [9.17, 15) is 24.3 Å². The molecule has 1 heterocycles. The van der Waals surface area contributed by atoms with Crippen molar-refractivity contribution in [2.24, 2.45) is 0 Å². The van der Waals surface area contributed by atoms with Crippen LogP contribution in [0, 0.1) is 6.92 Å². The van der Waals surface area contributed by atoms with Crippen LogP contribution in [0.5, 0.6) is 5.75 Å². The summed E-state index contributed by atoms with van der Waals surface area (Å²) in [6.07, 6.45) is 1.20. The molecular formula is C21H17ClN2O6. The molecular weight excluding hydrogens is 412 g/mol. The molecule has 1 saturated heterocycles. The van der Waals surface area contributed by atoms with Crippen molar-refractivity contribution in [3.63, 3.8) is 0 Å². The Morgan fingerprint density at radius 3 is 2.63 bits per heavy atom. The summed E-state index contributed by atoms with van der Waals surface area (Å²) < 4.78 is 5.47. The van der Waals surface area contributed by atoms with Gasteiger partial charge in [0.05, 0.1) is 17.9 Å². The van der Waals surface area contributed by atoms with Crippen molar-refractivity contribution in [2.45, 2.75) is 13.8 Å². The third-order valence-corrected chi connectivity index (χ3v) is 4.85. The standard InChI is InChI=1S/C21H17ClN2O6/c1-3-30-17-8-7-12(20(27)28)9-13(17)10-14-18(25)23-21(29)24(19(14)26)16-6-4-5-15(22)11(16)2/h4-10H,3H2,1-2H3,(H,27,28)(H,23,25,29)/b14-10+. The molecule has 0 radical (unpaired) electrons. The van der Waals surface area contributed by atoms with E-state index in [0.29, 0.717) is 10.6 Å². The minimum atomic E-state index is -1.18. The third kappa shape index (κ3) is 3.90. The Bertz CT molecular complexity index is 1110. The number of carboxylic acids is 1. The van der Waals surface area contributed by atoms with E-state index in [2.05, 4.69) is 5.32 Å². The first-order valence-electron chi connectivity index (χ1n) is 8.91. The molecule has 8 nitrogen and oxygen atoms in total. The highest BCUT2D eigenvalue weighted by atomic mass is 35.5. The fourth-order valence-electron chi connectivity index (χ4n) is 2.95. The van der Waals surface area contributed by atoms with Crippen molar-refractivity contribution in [2.75, 3.05) is 11.5 Å². The van der Waals surface area contributed by atoms with E-state index in [1.54, 1.807) is 26.0 Å². The Morgan fingerprint density at radius 1 is 1.23 bits per heavy atom. The topological polar surface area (TPSA) is 113 Å². The fourth-order valence-corrected chi connectivity index (χ4v) is 3.12. The number of ether oxygens (including phenoxy) is 1. The van der Waals surface area contributed by atoms with E-state index in [1.807, 2.05) is 0 Å². The molecule has 3 rings (SSSR count). The summed E-state index contributed by atoms with van der Waals surface area (Å²) in [5, 5.41) is 11.7. The second-order valence-electron chi connectivity index (χ2n) is 6.33. The van der Waals surface area contributed by atoms with Crippen LogP contribution in [0.1, 0.15) is 28.4 Å². The van der Waals surface area contributed by atoms with E-state index in [0.717, 1.165) is 4.90 Å². The molecule has 2 aromatic carbocycles. The number of benzene rings is 2. The number of carbonyl (C=O) groups excluding carboxylic acids is 3. The highest BCUT2D eigenvalue weighted by Gasteiger charge is 2.37. The first-order chi connectivity index (χ1) is 14.2. The van der Waals surface area contributed by atoms with Crippen LogP contribution in [0.2, 0.25) is 5.02 Å². The van der Waals surface area contributed by atoms with Gasteiger partial charge >= 0.3 is 12.0 Å². The van der Waals surface area contributed by atoms with Gasteiger partial charge in [0.25, 0.3) is 11.8 Å². The van der Waals surface area contributed by atoms with Gasteiger partial charge in [0, 0.05) is 10.6 Å². The molecule has 0 spiro atoms. The largest absolute Gasteiger partial charge is 0.493 e. The lowest BCUT2D eigenvalue weighted by molar-refractivity contribution is -0.122. The van der Waals surface area contributed by atoms with E-state index >= 15 is 0 Å². The van der Waals surface area contributed by atoms with Gasteiger partial charge in [0.2, 0.25) is 0 Å². The number of barbiturate groups is 1. The Kier molecular flexibility index (Phi) is 5.89. The average molecular weight is 429 g/mol. The summed E-state index contributed by atoms with van der Waals surface area (Å²) in [5.41, 5.74) is 0.532. The second-order valence-corrected chi connectivity index (χ2v) is 6.74. The maximum Gasteiger partial charge on any atom is 0.335 e. The number of anilines is 1. The average Bonchev–Trinajstić information content (AvgIpc) is 2.69. The van der Waals surface area contributed by atoms with Crippen LogP contribution in [0.3, 0.4) is 0 Å². The molecule has 0 saturated carbocycles. The van der Waals surface area contributed by atoms with E-state index in [1.165, 1.54) is 30.3 Å². The Balaban J connectivity index is 2.12. The smallest absolute Gasteiger partial charge is 0.335 e. The van der Waals surface area contributed by atoms with Crippen LogP contribution >= 0.6 is 11.6 Å². The Labute approximate surface area is 176 Å². The molecule has 1 aliphatic heterocycles. The summed E-state index contributed by atoms with van der Waals surface area (Å²) >= 11 is 6.10. The molecule has 9 heteroatoms. The molecule has 0 aliphatic carbocycles. The normalized spacial score (nSPS) is 15.4. The minimum Gasteiger partial charge on any atom is -0.493 e. The Morgan fingerprint density at radius 2 is 1.97 bits per heavy atom. The molecule has 1 fully saturated rings. The zero-order valence-corrected chi connectivity index (χ0v) is 16.8. The molecule has 4 amide bonds. The van der Waals surface area contributed by atoms with Gasteiger partial charge in [0.1, 0.15) is 11.3 Å². The second kappa shape index (κ2) is 8.38. The highest BCUT2D eigenvalue weighted by molar-refractivity contribution is 6.40. The fraction of sp³-hybridized carbons (Fsp3) is 0.143. The highest BCUT2D eigenvalue weighted by Crippen LogP contribution is 2.30. The predicted octanol–water partition coefficient (Wildman–Crippen LogP) is 3.41. The molecule has 2 N–H and O–H groups in total. The summed E-state index contributed by atoms with van der Waals surface area (Å²) in [7, 11) is 0. The number of hydrogen-bond donors (Lipinski definition) is 2. The SMILES string of the molecule is CCOc1ccc(C(=O)O)cc1/C=C1\C(=O)NC(=O)N(c2cccc(Cl)c2C)C1=O. The molecule has 30 heavy (non-hydrogen) atoms. The van der Waals surface area contributed by atoms with Gasteiger partial charge in [-0.1, -0.05) is 17.7 Å². The van der Waals surface area contributed by atoms with Gasteiger partial charge in [-0.2, -0.15) is 0 Å². The van der Waals surface area contributed by atoms with Gasteiger partial charge in [-0.15, -0.1) is 0 Å². The molecule has 0 unspecified atom stereocenters. The number of imide groups is 2. The number of amides is 4. The number of aromatic carboxylic acids is 1. The lowest BCUT2D eigenvalue weighted by Crippen LogP contribution is -2.54. The molecule has 1 aliphatic rings. The first kappa shape index (κ1) is 21.1. The number of nitrogens with one attached hydrogen (secondary N) is 1. The summed E-state index contributed by atoms with van der Waals surface area (Å²) in [6.45, 7) is 3.67. The van der Waals surface area contributed by atoms with Crippen molar-refractivity contribution >= 4 is 47.2 Å². The maximum atomic E-state index is 13.1. The van der Waals surface area contributed by atoms with Crippen molar-refractivity contribution in [1.82, 2.24) is 5.32 Å². The molecule has 2 aromatic rings. The maximum absolute atomic E-state index is 13.1. The van der Waals surface area contributed by atoms with Gasteiger partial charge in [-0.25, -0.2) is 14.5 Å². The monoisotopic (exact) mass is 428 g/mol. The lowest BCUT2D eigenvalue weighted by atomic mass is 10.0. The van der Waals surface area contributed by atoms with Crippen LogP contribution < -0.4 is 15.0 Å². The van der Waals surface area contributed by atoms with Crippen molar-refractivity contribution in [1.29, 1.82) is 0 Å². The van der Waals surface area contributed by atoms with Crippen LogP contribution in [-0.2, 0) is 9.59 Å². The van der Waals surface area contributed by atoms with Crippen LogP contribution in [0.25, 0.3) is 6.08 Å². The third-order valence-electron chi connectivity index (χ3n) is 4.44. The van der Waals surface area contributed by atoms with Gasteiger partial charge in [-0.05, 0) is 55.8 Å². The number of urea groups is 1. The number of carbonyl (C=O) groups is 4. The van der Waals surface area contributed by atoms with Gasteiger partial charge in [-0.3, -0.25) is 14.9 Å². The summed E-state index contributed by atoms with van der Waals surface area (Å²) in [6, 6.07) is 7.89. The summed E-state index contributed by atoms with van der Waals surface area (Å²) in [5.74, 6) is -2.65. The van der Waals surface area contributed by atoms with Crippen LogP contribution in [0.4, 0.5) is 10.5 Å². The number of halogens is 1. The van der Waals surface area contributed by atoms with E-state index in [4.69, 9.17) is 16.3 Å². The van der Waals surface area contributed by atoms with Crippen LogP contribution in [0.15, 0.2) is 42.0 Å². The zero-order chi connectivity index (χ0) is 22.0. The van der Waals surface area contributed by atoms with Crippen molar-refractivity contribution < 1.29 is 29.0 Å². The van der Waals surface area contributed by atoms with E-state index < -0.39 is 23.8 Å². The zero-order valence-electron chi connectivity index (χ0n) is 16.1. The molecule has 0 aromatic heterocycles. The van der Waals surface area contributed by atoms with Gasteiger partial charge < -0.3 is 9.84 Å². The number of rotatable bonds is 5. The minimum absolute atomic E-state index is 0.0485. The Hall–Kier alpha value is -3.65. The molecule has 0 atom stereocenters. The predicted molar refractivity (Wildman–Crippen MR) is 110 cm³/mol. The first-order valence-corrected chi connectivity index (χ1v) is 9.29. The molecule has 154 valence electrons. The number of nitrogens with zero attached hydrogens (tertiary/aromatic N) is 1. The molecule has 0 bridgehead atoms. The van der Waals surface area contributed by atoms with Gasteiger partial charge in [0.15, 0.2) is 0 Å². The van der Waals surface area contributed by atoms with Crippen LogP contribution in [-0.4, -0.2) is 35.5 Å². The van der Waals surface area contributed by atoms with Crippen molar-refractivity contribution in [3.05, 3.63) is 63.7 Å². The van der Waals surface area contributed by atoms with Crippen molar-refractivity contribution in [3.8, 4) is 5.75 Å². The number of hydrogen-bond acceptors (Lipinski definition) is 5. The summed E-state index contributed by atoms with van der Waals surface area (Å²) in [4.78, 5) is 50.0.